The highest BCUT2D eigenvalue weighted by molar-refractivity contribution is 7.14. The van der Waals surface area contributed by atoms with Crippen LogP contribution in [0.2, 0.25) is 0 Å². The highest BCUT2D eigenvalue weighted by Gasteiger charge is 2.13. The average Bonchev–Trinajstić information content (AvgIpc) is 3.06. The Balaban J connectivity index is 1.80. The van der Waals surface area contributed by atoms with Crippen molar-refractivity contribution in [1.82, 2.24) is 9.97 Å². The molecule has 0 fully saturated rings. The van der Waals surface area contributed by atoms with E-state index in [1.807, 2.05) is 25.3 Å². The van der Waals surface area contributed by atoms with Gasteiger partial charge < -0.3 is 4.42 Å². The molecule has 0 atom stereocenters. The van der Waals surface area contributed by atoms with Gasteiger partial charge in [-0.05, 0) is 32.0 Å². The summed E-state index contributed by atoms with van der Waals surface area (Å²) in [5, 5.41) is 5.22. The number of aromatic nitrogens is 2. The highest BCUT2D eigenvalue weighted by atomic mass is 32.1. The zero-order valence-electron chi connectivity index (χ0n) is 11.6. The standard InChI is InChI=1S/C15H13N3O2S/c1-9-6-12(10(2)20-9)13-8-21-15(17-13)18-14(19)11-4-3-5-16-7-11/h3-8H,1-2H3,(H,17,18,19). The van der Waals surface area contributed by atoms with Crippen LogP contribution in [0.1, 0.15) is 21.9 Å². The molecule has 6 heteroatoms. The molecule has 21 heavy (non-hydrogen) atoms. The Bertz CT molecular complexity index is 777. The lowest BCUT2D eigenvalue weighted by Crippen LogP contribution is -2.11. The molecule has 0 aliphatic heterocycles. The molecule has 0 aliphatic rings. The third kappa shape index (κ3) is 2.85. The monoisotopic (exact) mass is 299 g/mol. The third-order valence-corrected chi connectivity index (χ3v) is 3.72. The van der Waals surface area contributed by atoms with Crippen LogP contribution in [0.3, 0.4) is 0 Å². The number of thiazole rings is 1. The van der Waals surface area contributed by atoms with Crippen molar-refractivity contribution in [2.75, 3.05) is 5.32 Å². The fraction of sp³-hybridized carbons (Fsp3) is 0.133. The zero-order chi connectivity index (χ0) is 14.8. The van der Waals surface area contributed by atoms with Crippen LogP contribution in [0.4, 0.5) is 5.13 Å². The molecule has 1 N–H and O–H groups in total. The lowest BCUT2D eigenvalue weighted by Gasteiger charge is -2.00. The lowest BCUT2D eigenvalue weighted by molar-refractivity contribution is 0.102. The van der Waals surface area contributed by atoms with Gasteiger partial charge in [0, 0.05) is 23.3 Å². The number of nitrogens with one attached hydrogen (secondary N) is 1. The lowest BCUT2D eigenvalue weighted by atomic mass is 10.2. The fourth-order valence-corrected chi connectivity index (χ4v) is 2.71. The first-order valence-corrected chi connectivity index (χ1v) is 7.26. The van der Waals surface area contributed by atoms with E-state index in [2.05, 4.69) is 15.3 Å². The van der Waals surface area contributed by atoms with Gasteiger partial charge in [0.05, 0.1) is 11.3 Å². The van der Waals surface area contributed by atoms with E-state index in [0.29, 0.717) is 10.7 Å². The van der Waals surface area contributed by atoms with Crippen molar-refractivity contribution in [3.63, 3.8) is 0 Å². The number of nitrogens with zero attached hydrogens (tertiary/aromatic N) is 2. The van der Waals surface area contributed by atoms with Crippen LogP contribution in [0.5, 0.6) is 0 Å². The topological polar surface area (TPSA) is 68.0 Å². The van der Waals surface area contributed by atoms with E-state index in [1.54, 1.807) is 18.3 Å². The number of aryl methyl sites for hydroxylation is 2. The highest BCUT2D eigenvalue weighted by Crippen LogP contribution is 2.29. The van der Waals surface area contributed by atoms with Crippen LogP contribution in [0.15, 0.2) is 40.4 Å². The number of rotatable bonds is 3. The van der Waals surface area contributed by atoms with Crippen molar-refractivity contribution in [3.8, 4) is 11.3 Å². The molecule has 0 bridgehead atoms. The van der Waals surface area contributed by atoms with Gasteiger partial charge in [-0.3, -0.25) is 15.1 Å². The van der Waals surface area contributed by atoms with Crippen LogP contribution in [0.25, 0.3) is 11.3 Å². The van der Waals surface area contributed by atoms with E-state index in [-0.39, 0.29) is 5.91 Å². The molecule has 0 saturated heterocycles. The van der Waals surface area contributed by atoms with E-state index >= 15 is 0 Å². The van der Waals surface area contributed by atoms with Gasteiger partial charge in [-0.15, -0.1) is 11.3 Å². The number of hydrogen-bond donors (Lipinski definition) is 1. The summed E-state index contributed by atoms with van der Waals surface area (Å²) in [6, 6.07) is 5.37. The van der Waals surface area contributed by atoms with Gasteiger partial charge in [0.15, 0.2) is 5.13 Å². The fourth-order valence-electron chi connectivity index (χ4n) is 2.01. The molecule has 5 nitrogen and oxygen atoms in total. The van der Waals surface area contributed by atoms with Gasteiger partial charge in [-0.1, -0.05) is 0 Å². The normalized spacial score (nSPS) is 10.6. The number of pyridine rings is 1. The molecule has 0 unspecified atom stereocenters. The molecular weight excluding hydrogens is 286 g/mol. The number of hydrogen-bond acceptors (Lipinski definition) is 5. The maximum absolute atomic E-state index is 12.0. The minimum atomic E-state index is -0.218. The third-order valence-electron chi connectivity index (χ3n) is 2.97. The number of carbonyl (C=O) groups is 1. The van der Waals surface area contributed by atoms with Crippen molar-refractivity contribution >= 4 is 22.4 Å². The van der Waals surface area contributed by atoms with Crippen molar-refractivity contribution in [2.45, 2.75) is 13.8 Å². The second-order valence-corrected chi connectivity index (χ2v) is 5.42. The Morgan fingerprint density at radius 2 is 2.24 bits per heavy atom. The van der Waals surface area contributed by atoms with Crippen molar-refractivity contribution in [1.29, 1.82) is 0 Å². The van der Waals surface area contributed by atoms with E-state index in [0.717, 1.165) is 22.8 Å². The first-order valence-electron chi connectivity index (χ1n) is 6.38. The smallest absolute Gasteiger partial charge is 0.259 e. The summed E-state index contributed by atoms with van der Waals surface area (Å²) in [6.07, 6.45) is 3.15. The van der Waals surface area contributed by atoms with Crippen molar-refractivity contribution in [3.05, 3.63) is 53.1 Å². The molecular formula is C15H13N3O2S. The number of anilines is 1. The number of furan rings is 1. The molecule has 1 amide bonds. The van der Waals surface area contributed by atoms with Gasteiger partial charge in [-0.2, -0.15) is 0 Å². The molecule has 3 heterocycles. The maximum atomic E-state index is 12.0. The Hall–Kier alpha value is -2.47. The molecule has 0 aliphatic carbocycles. The minimum Gasteiger partial charge on any atom is -0.466 e. The van der Waals surface area contributed by atoms with Crippen molar-refractivity contribution in [2.24, 2.45) is 0 Å². The van der Waals surface area contributed by atoms with Crippen LogP contribution in [-0.2, 0) is 0 Å². The largest absolute Gasteiger partial charge is 0.466 e. The Labute approximate surface area is 125 Å². The van der Waals surface area contributed by atoms with Crippen LogP contribution < -0.4 is 5.32 Å². The second-order valence-electron chi connectivity index (χ2n) is 4.56. The van der Waals surface area contributed by atoms with Gasteiger partial charge in [0.1, 0.15) is 11.5 Å². The number of carbonyl (C=O) groups excluding carboxylic acids is 1. The summed E-state index contributed by atoms with van der Waals surface area (Å²) in [7, 11) is 0. The predicted octanol–water partition coefficient (Wildman–Crippen LogP) is 3.67. The van der Waals surface area contributed by atoms with E-state index in [9.17, 15) is 4.79 Å². The molecule has 0 spiro atoms. The SMILES string of the molecule is Cc1cc(-c2csc(NC(=O)c3cccnc3)n2)c(C)o1. The summed E-state index contributed by atoms with van der Waals surface area (Å²) in [5.74, 6) is 1.45. The van der Waals surface area contributed by atoms with E-state index < -0.39 is 0 Å². The maximum Gasteiger partial charge on any atom is 0.259 e. The number of amides is 1. The molecule has 3 aromatic heterocycles. The molecule has 106 valence electrons. The van der Waals surface area contributed by atoms with Crippen LogP contribution >= 0.6 is 11.3 Å². The van der Waals surface area contributed by atoms with Gasteiger partial charge in [-0.25, -0.2) is 4.98 Å². The van der Waals surface area contributed by atoms with E-state index in [4.69, 9.17) is 4.42 Å². The predicted molar refractivity (Wildman–Crippen MR) is 81.5 cm³/mol. The average molecular weight is 299 g/mol. The summed E-state index contributed by atoms with van der Waals surface area (Å²) in [4.78, 5) is 20.4. The molecule has 0 radical (unpaired) electrons. The summed E-state index contributed by atoms with van der Waals surface area (Å²) in [6.45, 7) is 3.80. The molecule has 0 aromatic carbocycles. The molecule has 0 saturated carbocycles. The van der Waals surface area contributed by atoms with Gasteiger partial charge in [0.2, 0.25) is 0 Å². The summed E-state index contributed by atoms with van der Waals surface area (Å²) < 4.78 is 5.50. The summed E-state index contributed by atoms with van der Waals surface area (Å²) >= 11 is 1.38. The summed E-state index contributed by atoms with van der Waals surface area (Å²) in [5.41, 5.74) is 2.26. The first kappa shape index (κ1) is 13.5. The molecule has 3 aromatic rings. The van der Waals surface area contributed by atoms with Crippen LogP contribution in [0, 0.1) is 13.8 Å². The quantitative estimate of drug-likeness (QED) is 0.801. The Morgan fingerprint density at radius 3 is 2.90 bits per heavy atom. The van der Waals surface area contributed by atoms with Crippen LogP contribution in [-0.4, -0.2) is 15.9 Å². The van der Waals surface area contributed by atoms with E-state index in [1.165, 1.54) is 17.5 Å². The minimum absolute atomic E-state index is 0.218. The second kappa shape index (κ2) is 5.49. The molecule has 3 rings (SSSR count). The zero-order valence-corrected chi connectivity index (χ0v) is 12.4. The Morgan fingerprint density at radius 1 is 1.38 bits per heavy atom. The van der Waals surface area contributed by atoms with Gasteiger partial charge >= 0.3 is 0 Å². The Kier molecular flexibility index (Phi) is 3.53. The van der Waals surface area contributed by atoms with Crippen molar-refractivity contribution < 1.29 is 9.21 Å². The first-order chi connectivity index (χ1) is 10.1. The van der Waals surface area contributed by atoms with Gasteiger partial charge in [0.25, 0.3) is 5.91 Å².